The smallest absolute Gasteiger partial charge is 0.297 e. The number of aliphatic hydroxyl groups is 1. The number of hydrogen-bond donors (Lipinski definition) is 2. The molecule has 2 fully saturated rings. The number of fused-ring (bicyclic) bond motifs is 1. The summed E-state index contributed by atoms with van der Waals surface area (Å²) in [6.45, 7) is 3.88. The molecule has 0 aromatic carbocycles. The minimum Gasteiger partial charge on any atom is -0.461 e. The van der Waals surface area contributed by atoms with Crippen LogP contribution in [0.2, 0.25) is 0 Å². The molecule has 2 aromatic heterocycles. The van der Waals surface area contributed by atoms with Gasteiger partial charge in [-0.3, -0.25) is 14.8 Å². The maximum absolute atomic E-state index is 12.2. The summed E-state index contributed by atoms with van der Waals surface area (Å²) in [5.41, 5.74) is -0.189. The van der Waals surface area contributed by atoms with E-state index in [9.17, 15) is 9.90 Å². The SMILES string of the molecule is CN(C1CCC(Oc2nc3cnccc3c(=O)[nH]2)CC1)C1CCC(C(C)(C)O)CC1. The zero-order chi connectivity index (χ0) is 21.3. The van der Waals surface area contributed by atoms with Gasteiger partial charge < -0.3 is 14.7 Å². The van der Waals surface area contributed by atoms with Crippen molar-refractivity contribution < 1.29 is 9.84 Å². The van der Waals surface area contributed by atoms with Crippen LogP contribution in [-0.2, 0) is 0 Å². The van der Waals surface area contributed by atoms with Gasteiger partial charge in [-0.15, -0.1) is 0 Å². The molecule has 2 aliphatic rings. The van der Waals surface area contributed by atoms with Crippen LogP contribution in [0.5, 0.6) is 6.01 Å². The Hall–Kier alpha value is -1.99. The second-order valence-electron chi connectivity index (χ2n) is 9.64. The van der Waals surface area contributed by atoms with Crippen molar-refractivity contribution in [3.8, 4) is 6.01 Å². The van der Waals surface area contributed by atoms with Crippen molar-refractivity contribution in [2.75, 3.05) is 7.05 Å². The van der Waals surface area contributed by atoms with Crippen LogP contribution < -0.4 is 10.3 Å². The number of pyridine rings is 1. The van der Waals surface area contributed by atoms with Gasteiger partial charge in [-0.05, 0) is 84.2 Å². The van der Waals surface area contributed by atoms with E-state index in [-0.39, 0.29) is 11.7 Å². The van der Waals surface area contributed by atoms with Crippen molar-refractivity contribution in [3.63, 3.8) is 0 Å². The zero-order valence-electron chi connectivity index (χ0n) is 18.3. The Morgan fingerprint density at radius 3 is 2.37 bits per heavy atom. The number of nitrogens with zero attached hydrogens (tertiary/aromatic N) is 3. The first-order valence-corrected chi connectivity index (χ1v) is 11.3. The first-order valence-electron chi connectivity index (χ1n) is 11.3. The maximum Gasteiger partial charge on any atom is 0.297 e. The number of rotatable bonds is 5. The molecule has 4 rings (SSSR count). The van der Waals surface area contributed by atoms with Gasteiger partial charge in [0.25, 0.3) is 11.6 Å². The van der Waals surface area contributed by atoms with Gasteiger partial charge in [0.05, 0.1) is 22.7 Å². The Balaban J connectivity index is 1.29. The van der Waals surface area contributed by atoms with E-state index in [0.29, 0.717) is 34.9 Å². The van der Waals surface area contributed by atoms with Gasteiger partial charge in [0.1, 0.15) is 6.10 Å². The van der Waals surface area contributed by atoms with Crippen molar-refractivity contribution in [1.82, 2.24) is 19.9 Å². The summed E-state index contributed by atoms with van der Waals surface area (Å²) in [7, 11) is 2.26. The van der Waals surface area contributed by atoms with Crippen LogP contribution in [-0.4, -0.2) is 55.8 Å². The third-order valence-corrected chi connectivity index (χ3v) is 7.26. The Morgan fingerprint density at radius 2 is 1.73 bits per heavy atom. The second kappa shape index (κ2) is 8.63. The Morgan fingerprint density at radius 1 is 1.10 bits per heavy atom. The summed E-state index contributed by atoms with van der Waals surface area (Å²) in [6.07, 6.45) is 11.9. The Kier molecular flexibility index (Phi) is 6.11. The number of aromatic amines is 1. The van der Waals surface area contributed by atoms with E-state index in [0.717, 1.165) is 51.4 Å². The third-order valence-electron chi connectivity index (χ3n) is 7.26. The van der Waals surface area contributed by atoms with Crippen LogP contribution in [0.25, 0.3) is 10.9 Å². The fraction of sp³-hybridized carbons (Fsp3) is 0.696. The highest BCUT2D eigenvalue weighted by molar-refractivity contribution is 5.76. The quantitative estimate of drug-likeness (QED) is 0.780. The van der Waals surface area contributed by atoms with Gasteiger partial charge in [0.2, 0.25) is 0 Å². The monoisotopic (exact) mass is 414 g/mol. The highest BCUT2D eigenvalue weighted by Gasteiger charge is 2.35. The highest BCUT2D eigenvalue weighted by atomic mass is 16.5. The minimum absolute atomic E-state index is 0.0813. The molecule has 2 heterocycles. The summed E-state index contributed by atoms with van der Waals surface area (Å²) in [5.74, 6) is 0.415. The Bertz CT molecular complexity index is 907. The van der Waals surface area contributed by atoms with Gasteiger partial charge in [0, 0.05) is 18.3 Å². The lowest BCUT2D eigenvalue weighted by atomic mass is 9.76. The minimum atomic E-state index is -0.563. The van der Waals surface area contributed by atoms with Crippen molar-refractivity contribution in [2.45, 2.75) is 89.0 Å². The number of hydrogen-bond acceptors (Lipinski definition) is 6. The molecule has 0 spiro atoms. The van der Waals surface area contributed by atoms with Crippen LogP contribution in [0.3, 0.4) is 0 Å². The molecule has 0 bridgehead atoms. The molecule has 7 nitrogen and oxygen atoms in total. The van der Waals surface area contributed by atoms with Gasteiger partial charge in [0.15, 0.2) is 0 Å². The van der Waals surface area contributed by atoms with Crippen molar-refractivity contribution in [3.05, 3.63) is 28.8 Å². The van der Waals surface area contributed by atoms with Gasteiger partial charge >= 0.3 is 0 Å². The molecule has 0 atom stereocenters. The molecular weight excluding hydrogens is 380 g/mol. The van der Waals surface area contributed by atoms with E-state index >= 15 is 0 Å². The van der Waals surface area contributed by atoms with E-state index < -0.39 is 5.60 Å². The summed E-state index contributed by atoms with van der Waals surface area (Å²) < 4.78 is 6.03. The molecule has 0 radical (unpaired) electrons. The molecule has 2 aromatic rings. The van der Waals surface area contributed by atoms with Crippen LogP contribution >= 0.6 is 0 Å². The Labute approximate surface area is 177 Å². The molecule has 0 saturated heterocycles. The van der Waals surface area contributed by atoms with Gasteiger partial charge in [-0.1, -0.05) is 0 Å². The number of nitrogens with one attached hydrogen (secondary N) is 1. The lowest BCUT2D eigenvalue weighted by Gasteiger charge is -2.43. The lowest BCUT2D eigenvalue weighted by Crippen LogP contribution is -2.46. The summed E-state index contributed by atoms with van der Waals surface area (Å²) >= 11 is 0. The number of aromatic nitrogens is 3. The first-order chi connectivity index (χ1) is 14.3. The van der Waals surface area contributed by atoms with Crippen molar-refractivity contribution >= 4 is 10.9 Å². The molecule has 0 aliphatic heterocycles. The number of H-pyrrole nitrogens is 1. The predicted molar refractivity (Wildman–Crippen MR) is 117 cm³/mol. The predicted octanol–water partition coefficient (Wildman–Crippen LogP) is 3.27. The zero-order valence-corrected chi connectivity index (χ0v) is 18.3. The van der Waals surface area contributed by atoms with E-state index in [1.54, 1.807) is 18.5 Å². The van der Waals surface area contributed by atoms with Crippen molar-refractivity contribution in [1.29, 1.82) is 0 Å². The van der Waals surface area contributed by atoms with Crippen LogP contribution in [0.4, 0.5) is 0 Å². The standard InChI is InChI=1S/C23H34N4O3/c1-23(2,29)15-4-6-16(7-5-15)27(3)17-8-10-18(11-9-17)30-22-25-20-14-24-13-12-19(20)21(28)26-22/h12-18,29H,4-11H2,1-3H3,(H,25,26,28). The third kappa shape index (κ3) is 4.67. The van der Waals surface area contributed by atoms with Crippen LogP contribution in [0, 0.1) is 5.92 Å². The molecule has 2 aliphatic carbocycles. The highest BCUT2D eigenvalue weighted by Crippen LogP contribution is 2.36. The molecule has 30 heavy (non-hydrogen) atoms. The lowest BCUT2D eigenvalue weighted by molar-refractivity contribution is -0.0172. The van der Waals surface area contributed by atoms with E-state index in [1.807, 2.05) is 13.8 Å². The van der Waals surface area contributed by atoms with Crippen LogP contribution in [0.1, 0.15) is 65.2 Å². The normalized spacial score (nSPS) is 28.0. The second-order valence-corrected chi connectivity index (χ2v) is 9.64. The fourth-order valence-corrected chi connectivity index (χ4v) is 5.24. The maximum atomic E-state index is 12.2. The molecule has 0 unspecified atom stereocenters. The largest absolute Gasteiger partial charge is 0.461 e. The van der Waals surface area contributed by atoms with Gasteiger partial charge in [-0.25, -0.2) is 0 Å². The summed E-state index contributed by atoms with van der Waals surface area (Å²) in [5, 5.41) is 10.8. The average Bonchev–Trinajstić information content (AvgIpc) is 2.73. The average molecular weight is 415 g/mol. The van der Waals surface area contributed by atoms with Crippen molar-refractivity contribution in [2.24, 2.45) is 5.92 Å². The van der Waals surface area contributed by atoms with Crippen LogP contribution in [0.15, 0.2) is 23.3 Å². The van der Waals surface area contributed by atoms with E-state index in [1.165, 1.54) is 0 Å². The molecule has 164 valence electrons. The van der Waals surface area contributed by atoms with Gasteiger partial charge in [-0.2, -0.15) is 4.98 Å². The summed E-state index contributed by atoms with van der Waals surface area (Å²) in [6, 6.07) is 3.14. The topological polar surface area (TPSA) is 91.3 Å². The fourth-order valence-electron chi connectivity index (χ4n) is 5.24. The first kappa shape index (κ1) is 21.2. The number of ether oxygens (including phenoxy) is 1. The van der Waals surface area contributed by atoms with E-state index in [4.69, 9.17) is 4.74 Å². The molecule has 2 N–H and O–H groups in total. The summed E-state index contributed by atoms with van der Waals surface area (Å²) in [4.78, 5) is 26.0. The molecule has 7 heteroatoms. The van der Waals surface area contributed by atoms with E-state index in [2.05, 4.69) is 26.9 Å². The molecule has 0 amide bonds. The molecule has 2 saturated carbocycles. The molecular formula is C23H34N4O3.